The molecular weight excluding hydrogens is 364 g/mol. The van der Waals surface area contributed by atoms with E-state index in [4.69, 9.17) is 16.3 Å². The van der Waals surface area contributed by atoms with Gasteiger partial charge in [-0.1, -0.05) is 0 Å². The highest BCUT2D eigenvalue weighted by Crippen LogP contribution is 2.19. The number of aromatic amines is 1. The highest BCUT2D eigenvalue weighted by molar-refractivity contribution is 6.17. The van der Waals surface area contributed by atoms with Gasteiger partial charge in [0, 0.05) is 11.6 Å². The maximum atomic E-state index is 10.8. The monoisotopic (exact) mass is 390 g/mol. The van der Waals surface area contributed by atoms with Crippen LogP contribution in [0.3, 0.4) is 0 Å². The largest absolute Gasteiger partial charge is 0.477 e. The normalized spacial score (nSPS) is 15.1. The van der Waals surface area contributed by atoms with Crippen LogP contribution in [-0.4, -0.2) is 32.4 Å². The summed E-state index contributed by atoms with van der Waals surface area (Å²) in [6.45, 7) is 0.681. The number of rotatable bonds is 5. The molecule has 0 radical (unpaired) electrons. The predicted octanol–water partition coefficient (Wildman–Crippen LogP) is 3.40. The average Bonchev–Trinajstić information content (AvgIpc) is 2.71. The van der Waals surface area contributed by atoms with E-state index < -0.39 is 0 Å². The molecule has 0 fully saturated rings. The summed E-state index contributed by atoms with van der Waals surface area (Å²) in [6, 6.07) is 0. The Kier molecular flexibility index (Phi) is 7.63. The minimum Gasteiger partial charge on any atom is -0.477 e. The summed E-state index contributed by atoms with van der Waals surface area (Å²) in [5.41, 5.74) is 4.32. The average molecular weight is 391 g/mol. The summed E-state index contributed by atoms with van der Waals surface area (Å²) >= 11 is 5.59. The van der Waals surface area contributed by atoms with Crippen molar-refractivity contribution in [1.29, 1.82) is 0 Å². The standard InChI is InChI=1S/C12H17ClN2O.C8H10N2O/c13-7-3-4-8-16-12-9-14-10-5-1-2-6-11(10)15-12;11-8-5-9-6-3-1-2-4-7(6)10-8/h9H,1-8H2;5H,1-4H2,(H,10,11). The molecule has 146 valence electrons. The zero-order chi connectivity index (χ0) is 18.9. The molecule has 2 heterocycles. The molecule has 2 aliphatic carbocycles. The minimum absolute atomic E-state index is 0.0781. The fourth-order valence-corrected chi connectivity index (χ4v) is 3.54. The Morgan fingerprint density at radius 1 is 0.926 bits per heavy atom. The first-order valence-electron chi connectivity index (χ1n) is 9.87. The zero-order valence-electron chi connectivity index (χ0n) is 15.7. The van der Waals surface area contributed by atoms with Gasteiger partial charge in [-0.3, -0.25) is 14.8 Å². The van der Waals surface area contributed by atoms with E-state index in [0.717, 1.165) is 61.3 Å². The first-order chi connectivity index (χ1) is 13.3. The van der Waals surface area contributed by atoms with Gasteiger partial charge in [0.2, 0.25) is 5.88 Å². The van der Waals surface area contributed by atoms with E-state index in [-0.39, 0.29) is 5.56 Å². The molecule has 0 saturated carbocycles. The van der Waals surface area contributed by atoms with Gasteiger partial charge in [-0.2, -0.15) is 0 Å². The smallest absolute Gasteiger partial charge is 0.266 e. The first kappa shape index (κ1) is 19.8. The van der Waals surface area contributed by atoms with Gasteiger partial charge in [0.05, 0.1) is 36.1 Å². The maximum Gasteiger partial charge on any atom is 0.266 e. The Bertz CT molecular complexity index is 794. The number of H-pyrrole nitrogens is 1. The molecule has 0 aromatic carbocycles. The van der Waals surface area contributed by atoms with Crippen molar-refractivity contribution in [3.8, 4) is 5.88 Å². The van der Waals surface area contributed by atoms with E-state index in [1.807, 2.05) is 0 Å². The van der Waals surface area contributed by atoms with Crippen molar-refractivity contribution < 1.29 is 4.74 Å². The van der Waals surface area contributed by atoms with Crippen LogP contribution in [0.15, 0.2) is 17.2 Å². The van der Waals surface area contributed by atoms with Crippen molar-refractivity contribution in [3.63, 3.8) is 0 Å². The quantitative estimate of drug-likeness (QED) is 0.625. The number of hydrogen-bond acceptors (Lipinski definition) is 5. The Morgan fingerprint density at radius 2 is 1.63 bits per heavy atom. The lowest BCUT2D eigenvalue weighted by atomic mass is 10.0. The Balaban J connectivity index is 0.000000166. The molecule has 0 spiro atoms. The molecule has 0 bridgehead atoms. The lowest BCUT2D eigenvalue weighted by Gasteiger charge is -2.14. The molecule has 27 heavy (non-hydrogen) atoms. The lowest BCUT2D eigenvalue weighted by Crippen LogP contribution is -2.15. The Morgan fingerprint density at radius 3 is 2.44 bits per heavy atom. The van der Waals surface area contributed by atoms with Crippen molar-refractivity contribution in [3.05, 3.63) is 45.5 Å². The van der Waals surface area contributed by atoms with Gasteiger partial charge in [-0.15, -0.1) is 11.6 Å². The van der Waals surface area contributed by atoms with Gasteiger partial charge < -0.3 is 9.72 Å². The predicted molar refractivity (Wildman–Crippen MR) is 106 cm³/mol. The summed E-state index contributed by atoms with van der Waals surface area (Å²) in [5, 5.41) is 0. The molecule has 0 saturated heterocycles. The van der Waals surface area contributed by atoms with Crippen LogP contribution in [0.4, 0.5) is 0 Å². The number of nitrogens with zero attached hydrogens (tertiary/aromatic N) is 3. The van der Waals surface area contributed by atoms with E-state index in [1.165, 1.54) is 31.9 Å². The summed E-state index contributed by atoms with van der Waals surface area (Å²) in [7, 11) is 0. The number of alkyl halides is 1. The van der Waals surface area contributed by atoms with Crippen molar-refractivity contribution in [2.24, 2.45) is 0 Å². The van der Waals surface area contributed by atoms with Crippen LogP contribution in [-0.2, 0) is 25.7 Å². The van der Waals surface area contributed by atoms with Crippen LogP contribution in [0.1, 0.15) is 61.3 Å². The first-order valence-corrected chi connectivity index (χ1v) is 10.4. The highest BCUT2D eigenvalue weighted by atomic mass is 35.5. The number of aryl methyl sites for hydroxylation is 4. The number of aromatic nitrogens is 4. The number of nitrogens with one attached hydrogen (secondary N) is 1. The molecular formula is C20H27ClN4O2. The second kappa shape index (κ2) is 10.4. The fraction of sp³-hybridized carbons (Fsp3) is 0.600. The third-order valence-electron chi connectivity index (χ3n) is 4.81. The topological polar surface area (TPSA) is 80.8 Å². The molecule has 0 amide bonds. The second-order valence-electron chi connectivity index (χ2n) is 6.93. The van der Waals surface area contributed by atoms with Crippen molar-refractivity contribution in [1.82, 2.24) is 19.9 Å². The van der Waals surface area contributed by atoms with E-state index in [2.05, 4.69) is 19.9 Å². The van der Waals surface area contributed by atoms with E-state index >= 15 is 0 Å². The fourth-order valence-electron chi connectivity index (χ4n) is 3.35. The molecule has 4 rings (SSSR count). The Labute approximate surface area is 164 Å². The Hall–Kier alpha value is -1.95. The van der Waals surface area contributed by atoms with Gasteiger partial charge in [0.1, 0.15) is 0 Å². The van der Waals surface area contributed by atoms with Gasteiger partial charge in [-0.25, -0.2) is 4.98 Å². The van der Waals surface area contributed by atoms with Crippen LogP contribution in [0.2, 0.25) is 0 Å². The molecule has 2 aromatic heterocycles. The number of hydrogen-bond donors (Lipinski definition) is 1. The zero-order valence-corrected chi connectivity index (χ0v) is 16.4. The summed E-state index contributed by atoms with van der Waals surface area (Å²) < 4.78 is 5.54. The van der Waals surface area contributed by atoms with Crippen LogP contribution in [0, 0.1) is 0 Å². The number of halogens is 1. The van der Waals surface area contributed by atoms with E-state index in [1.54, 1.807) is 6.20 Å². The lowest BCUT2D eigenvalue weighted by molar-refractivity contribution is 0.295. The van der Waals surface area contributed by atoms with E-state index in [0.29, 0.717) is 18.4 Å². The maximum absolute atomic E-state index is 10.8. The third-order valence-corrected chi connectivity index (χ3v) is 5.08. The number of fused-ring (bicyclic) bond motifs is 2. The van der Waals surface area contributed by atoms with Crippen LogP contribution in [0.5, 0.6) is 5.88 Å². The highest BCUT2D eigenvalue weighted by Gasteiger charge is 2.12. The van der Waals surface area contributed by atoms with Crippen molar-refractivity contribution >= 4 is 11.6 Å². The van der Waals surface area contributed by atoms with Crippen LogP contribution in [0.25, 0.3) is 0 Å². The molecule has 7 heteroatoms. The third kappa shape index (κ3) is 6.03. The van der Waals surface area contributed by atoms with Gasteiger partial charge in [0.25, 0.3) is 5.56 Å². The molecule has 2 aromatic rings. The van der Waals surface area contributed by atoms with Crippen molar-refractivity contribution in [2.45, 2.75) is 64.2 Å². The minimum atomic E-state index is -0.0781. The van der Waals surface area contributed by atoms with Crippen LogP contribution >= 0.6 is 11.6 Å². The van der Waals surface area contributed by atoms with Gasteiger partial charge in [0.15, 0.2) is 0 Å². The van der Waals surface area contributed by atoms with E-state index in [9.17, 15) is 4.79 Å². The molecule has 0 unspecified atom stereocenters. The summed E-state index contributed by atoms with van der Waals surface area (Å²) in [4.78, 5) is 26.6. The van der Waals surface area contributed by atoms with Gasteiger partial charge in [-0.05, 0) is 64.2 Å². The molecule has 2 aliphatic rings. The molecule has 6 nitrogen and oxygen atoms in total. The molecule has 0 atom stereocenters. The molecule has 1 N–H and O–H groups in total. The summed E-state index contributed by atoms with van der Waals surface area (Å²) in [5.74, 6) is 1.36. The summed E-state index contributed by atoms with van der Waals surface area (Å²) in [6.07, 6.45) is 14.0. The number of ether oxygens (including phenoxy) is 1. The SMILES string of the molecule is ClCCCCOc1cnc2c(n1)CCCC2.O=c1cnc2c([nH]1)CCCC2. The van der Waals surface area contributed by atoms with Gasteiger partial charge >= 0.3 is 0 Å². The second-order valence-corrected chi connectivity index (χ2v) is 7.31. The molecule has 0 aliphatic heterocycles. The number of unbranched alkanes of at least 4 members (excludes halogenated alkanes) is 1. The van der Waals surface area contributed by atoms with Crippen LogP contribution < -0.4 is 10.3 Å². The van der Waals surface area contributed by atoms with Crippen molar-refractivity contribution in [2.75, 3.05) is 12.5 Å².